The molecule has 1 rings (SSSR count). The average molecular weight is 220 g/mol. The van der Waals surface area contributed by atoms with E-state index in [1.165, 1.54) is 12.1 Å². The molecule has 0 saturated carbocycles. The number of nitrogens with zero attached hydrogens (tertiary/aromatic N) is 2. The summed E-state index contributed by atoms with van der Waals surface area (Å²) in [6.45, 7) is 1.60. The summed E-state index contributed by atoms with van der Waals surface area (Å²) in [5.41, 5.74) is 0.227. The van der Waals surface area contributed by atoms with Crippen LogP contribution in [0.2, 0.25) is 0 Å². The fraction of sp³-hybridized carbons (Fsp3) is 0.200. The van der Waals surface area contributed by atoms with Crippen LogP contribution in [-0.2, 0) is 11.2 Å². The molecule has 0 aliphatic carbocycles. The molecule has 0 aliphatic rings. The Morgan fingerprint density at radius 2 is 2.25 bits per heavy atom. The van der Waals surface area contributed by atoms with Crippen LogP contribution >= 0.6 is 0 Å². The largest absolute Gasteiger partial charge is 0.481 e. The fourth-order valence-corrected chi connectivity index (χ4v) is 1.41. The molecular weight excluding hydrogens is 212 g/mol. The Kier molecular flexibility index (Phi) is 3.20. The molecule has 1 aromatic rings. The van der Waals surface area contributed by atoms with Gasteiger partial charge < -0.3 is 5.11 Å². The third kappa shape index (κ3) is 2.15. The lowest BCUT2D eigenvalue weighted by atomic mass is 9.98. The zero-order valence-corrected chi connectivity index (χ0v) is 8.43. The highest BCUT2D eigenvalue weighted by atomic mass is 16.6. The molecule has 6 heteroatoms. The molecule has 0 bridgehead atoms. The summed E-state index contributed by atoms with van der Waals surface area (Å²) in [7, 11) is 0. The average Bonchev–Trinajstić information content (AvgIpc) is 2.16. The Balaban J connectivity index is 3.48. The first-order valence-electron chi connectivity index (χ1n) is 4.36. The van der Waals surface area contributed by atoms with Crippen molar-refractivity contribution < 1.29 is 14.8 Å². The molecular formula is C10H8N2O4. The lowest BCUT2D eigenvalue weighted by molar-refractivity contribution is -0.385. The van der Waals surface area contributed by atoms with Crippen LogP contribution < -0.4 is 0 Å². The highest BCUT2D eigenvalue weighted by Crippen LogP contribution is 2.25. The Morgan fingerprint density at radius 1 is 1.62 bits per heavy atom. The first-order chi connectivity index (χ1) is 7.47. The van der Waals surface area contributed by atoms with Crippen molar-refractivity contribution in [3.8, 4) is 6.07 Å². The van der Waals surface area contributed by atoms with Gasteiger partial charge in [0, 0.05) is 6.07 Å². The van der Waals surface area contributed by atoms with E-state index in [4.69, 9.17) is 10.4 Å². The Morgan fingerprint density at radius 3 is 2.69 bits per heavy atom. The molecule has 6 nitrogen and oxygen atoms in total. The normalized spacial score (nSPS) is 9.50. The topological polar surface area (TPSA) is 104 Å². The molecule has 0 saturated heterocycles. The number of carbonyl (C=O) groups is 1. The lowest BCUT2D eigenvalue weighted by Crippen LogP contribution is -2.07. The maximum Gasteiger partial charge on any atom is 0.308 e. The van der Waals surface area contributed by atoms with Crippen molar-refractivity contribution in [2.45, 2.75) is 13.3 Å². The van der Waals surface area contributed by atoms with Crippen LogP contribution in [0.1, 0.15) is 16.7 Å². The summed E-state index contributed by atoms with van der Waals surface area (Å²) < 4.78 is 0. The second-order valence-corrected chi connectivity index (χ2v) is 3.19. The summed E-state index contributed by atoms with van der Waals surface area (Å²) in [4.78, 5) is 20.6. The van der Waals surface area contributed by atoms with Crippen LogP contribution in [-0.4, -0.2) is 16.0 Å². The van der Waals surface area contributed by atoms with Gasteiger partial charge in [-0.3, -0.25) is 14.9 Å². The molecule has 0 aliphatic heterocycles. The molecule has 0 unspecified atom stereocenters. The van der Waals surface area contributed by atoms with Crippen molar-refractivity contribution >= 4 is 11.7 Å². The van der Waals surface area contributed by atoms with E-state index in [0.717, 1.165) is 0 Å². The van der Waals surface area contributed by atoms with Crippen molar-refractivity contribution in [2.24, 2.45) is 0 Å². The van der Waals surface area contributed by atoms with Gasteiger partial charge in [0.15, 0.2) is 0 Å². The molecule has 0 aromatic heterocycles. The number of aliphatic carboxylic acids is 1. The van der Waals surface area contributed by atoms with Gasteiger partial charge >= 0.3 is 5.97 Å². The number of nitro benzene ring substituents is 1. The van der Waals surface area contributed by atoms with Crippen LogP contribution in [0, 0.1) is 28.4 Å². The lowest BCUT2D eigenvalue weighted by Gasteiger charge is -2.05. The second-order valence-electron chi connectivity index (χ2n) is 3.19. The van der Waals surface area contributed by atoms with E-state index < -0.39 is 17.3 Å². The number of nitriles is 1. The Hall–Kier alpha value is -2.42. The molecule has 0 radical (unpaired) electrons. The van der Waals surface area contributed by atoms with Gasteiger partial charge in [-0.25, -0.2) is 0 Å². The van der Waals surface area contributed by atoms with E-state index in [1.807, 2.05) is 0 Å². The zero-order valence-electron chi connectivity index (χ0n) is 8.43. The number of benzene rings is 1. The number of aryl methyl sites for hydroxylation is 1. The van der Waals surface area contributed by atoms with E-state index in [0.29, 0.717) is 5.56 Å². The van der Waals surface area contributed by atoms with Gasteiger partial charge in [0.25, 0.3) is 5.69 Å². The summed E-state index contributed by atoms with van der Waals surface area (Å²) in [6.07, 6.45) is -0.527. The number of hydrogen-bond acceptors (Lipinski definition) is 4. The Bertz CT molecular complexity index is 502. The van der Waals surface area contributed by atoms with Crippen LogP contribution in [0.25, 0.3) is 0 Å². The minimum Gasteiger partial charge on any atom is -0.481 e. The summed E-state index contributed by atoms with van der Waals surface area (Å²) in [5, 5.41) is 28.2. The molecule has 0 amide bonds. The van der Waals surface area contributed by atoms with Crippen LogP contribution in [0.4, 0.5) is 5.69 Å². The molecule has 0 fully saturated rings. The molecule has 82 valence electrons. The number of carboxylic acid groups (broad SMARTS) is 1. The SMILES string of the molecule is Cc1ccc([N+](=O)[O-])c(CC(=O)O)c1C#N. The maximum atomic E-state index is 10.7. The third-order valence-corrected chi connectivity index (χ3v) is 2.13. The van der Waals surface area contributed by atoms with E-state index >= 15 is 0 Å². The van der Waals surface area contributed by atoms with Crippen molar-refractivity contribution in [1.82, 2.24) is 0 Å². The number of nitro groups is 1. The predicted octanol–water partition coefficient (Wildman–Crippen LogP) is 1.40. The number of rotatable bonds is 3. The van der Waals surface area contributed by atoms with Crippen LogP contribution in [0.3, 0.4) is 0 Å². The van der Waals surface area contributed by atoms with Gasteiger partial charge in [-0.1, -0.05) is 6.07 Å². The van der Waals surface area contributed by atoms with Crippen molar-refractivity contribution in [3.63, 3.8) is 0 Å². The van der Waals surface area contributed by atoms with Crippen molar-refractivity contribution in [3.05, 3.63) is 38.9 Å². The van der Waals surface area contributed by atoms with Gasteiger partial charge in [0.1, 0.15) is 0 Å². The smallest absolute Gasteiger partial charge is 0.308 e. The molecule has 0 heterocycles. The Labute approximate surface area is 90.9 Å². The van der Waals surface area contributed by atoms with E-state index in [9.17, 15) is 14.9 Å². The fourth-order valence-electron chi connectivity index (χ4n) is 1.41. The predicted molar refractivity (Wildman–Crippen MR) is 53.9 cm³/mol. The summed E-state index contributed by atoms with van der Waals surface area (Å²) in [6, 6.07) is 4.45. The molecule has 16 heavy (non-hydrogen) atoms. The van der Waals surface area contributed by atoms with Gasteiger partial charge in [-0.05, 0) is 12.5 Å². The van der Waals surface area contributed by atoms with Crippen LogP contribution in [0.15, 0.2) is 12.1 Å². The quantitative estimate of drug-likeness (QED) is 0.612. The first-order valence-corrected chi connectivity index (χ1v) is 4.36. The van der Waals surface area contributed by atoms with E-state index in [2.05, 4.69) is 0 Å². The van der Waals surface area contributed by atoms with Gasteiger partial charge in [0.2, 0.25) is 0 Å². The standard InChI is InChI=1S/C10H8N2O4/c1-6-2-3-9(12(15)16)7(4-10(13)14)8(6)5-11/h2-3H,4H2,1H3,(H,13,14). The minimum atomic E-state index is -1.20. The zero-order chi connectivity index (χ0) is 12.3. The maximum absolute atomic E-state index is 10.7. The van der Waals surface area contributed by atoms with Gasteiger partial charge in [-0.2, -0.15) is 5.26 Å². The summed E-state index contributed by atoms with van der Waals surface area (Å²) >= 11 is 0. The number of hydrogen-bond donors (Lipinski definition) is 1. The molecule has 1 N–H and O–H groups in total. The first kappa shape index (κ1) is 11.7. The van der Waals surface area contributed by atoms with Crippen molar-refractivity contribution in [1.29, 1.82) is 5.26 Å². The highest BCUT2D eigenvalue weighted by molar-refractivity contribution is 5.74. The molecule has 0 spiro atoms. The van der Waals surface area contributed by atoms with Gasteiger partial charge in [0.05, 0.1) is 28.5 Å². The van der Waals surface area contributed by atoms with Crippen LogP contribution in [0.5, 0.6) is 0 Å². The second kappa shape index (κ2) is 4.40. The summed E-state index contributed by atoms with van der Waals surface area (Å²) in [5.74, 6) is -1.20. The molecule has 0 atom stereocenters. The third-order valence-electron chi connectivity index (χ3n) is 2.13. The highest BCUT2D eigenvalue weighted by Gasteiger charge is 2.21. The monoisotopic (exact) mass is 220 g/mol. The van der Waals surface area contributed by atoms with Gasteiger partial charge in [-0.15, -0.1) is 0 Å². The van der Waals surface area contributed by atoms with E-state index in [-0.39, 0.29) is 16.8 Å². The molecule has 1 aromatic carbocycles. The minimum absolute atomic E-state index is 0.0417. The number of carboxylic acids is 1. The van der Waals surface area contributed by atoms with Crippen molar-refractivity contribution in [2.75, 3.05) is 0 Å². The van der Waals surface area contributed by atoms with E-state index in [1.54, 1.807) is 13.0 Å².